The van der Waals surface area contributed by atoms with E-state index >= 15 is 0 Å². The van der Waals surface area contributed by atoms with Crippen molar-refractivity contribution in [2.75, 3.05) is 33.4 Å². The Balaban J connectivity index is 1.65. The molecule has 0 bridgehead atoms. The number of hydrogen-bond acceptors (Lipinski definition) is 3. The van der Waals surface area contributed by atoms with Gasteiger partial charge in [-0.05, 0) is 50.7 Å². The van der Waals surface area contributed by atoms with Crippen LogP contribution in [0.2, 0.25) is 0 Å². The minimum absolute atomic E-state index is 0.180. The Bertz CT molecular complexity index is 611. The molecule has 2 aliphatic heterocycles. The molecule has 4 nitrogen and oxygen atoms in total. The molecule has 2 aliphatic rings. The number of carbonyl (C=O) groups excluding carboxylic acids is 1. The average Bonchev–Trinajstić information content (AvgIpc) is 2.94. The Morgan fingerprint density at radius 1 is 1.32 bits per heavy atom. The van der Waals surface area contributed by atoms with Crippen molar-refractivity contribution >= 4 is 5.91 Å². The van der Waals surface area contributed by atoms with Crippen molar-refractivity contribution in [2.45, 2.75) is 45.2 Å². The summed E-state index contributed by atoms with van der Waals surface area (Å²) in [4.78, 5) is 17.0. The van der Waals surface area contributed by atoms with Crippen LogP contribution in [0.15, 0.2) is 24.3 Å². The summed E-state index contributed by atoms with van der Waals surface area (Å²) in [5.41, 5.74) is 0.449. The molecule has 1 amide bonds. The molecule has 1 aromatic rings. The first-order valence-corrected chi connectivity index (χ1v) is 9.24. The van der Waals surface area contributed by atoms with Gasteiger partial charge < -0.3 is 9.64 Å². The number of ether oxygens (including phenoxy) is 1. The molecule has 2 fully saturated rings. The van der Waals surface area contributed by atoms with Crippen molar-refractivity contribution in [3.63, 3.8) is 0 Å². The first kappa shape index (κ1) is 18.3. The number of hydrogen-bond donors (Lipinski definition) is 0. The summed E-state index contributed by atoms with van der Waals surface area (Å²) < 4.78 is 19.3. The van der Waals surface area contributed by atoms with Crippen molar-refractivity contribution in [2.24, 2.45) is 5.41 Å². The van der Waals surface area contributed by atoms with E-state index in [1.807, 2.05) is 4.90 Å². The predicted molar refractivity (Wildman–Crippen MR) is 96.1 cm³/mol. The standard InChI is InChI=1S/C20H29FN2O2/c1-15(2)23-14-20(12-16(23)13-25-3)8-10-22(11-9-20)19(24)17-6-4-5-7-18(17)21/h4-7,15-16H,8-14H2,1-3H3/t16-/m0/s1. The molecular formula is C20H29FN2O2. The number of methoxy groups -OCH3 is 1. The van der Waals surface area contributed by atoms with Gasteiger partial charge in [-0.3, -0.25) is 9.69 Å². The lowest BCUT2D eigenvalue weighted by molar-refractivity contribution is 0.0577. The van der Waals surface area contributed by atoms with Gasteiger partial charge in [-0.15, -0.1) is 0 Å². The van der Waals surface area contributed by atoms with E-state index in [1.165, 1.54) is 6.07 Å². The minimum atomic E-state index is -0.431. The molecule has 0 aromatic heterocycles. The van der Waals surface area contributed by atoms with Gasteiger partial charge in [0.25, 0.3) is 5.91 Å². The summed E-state index contributed by atoms with van der Waals surface area (Å²) in [6.07, 6.45) is 3.09. The van der Waals surface area contributed by atoms with Gasteiger partial charge in [0, 0.05) is 38.8 Å². The van der Waals surface area contributed by atoms with E-state index in [0.29, 0.717) is 25.2 Å². The Morgan fingerprint density at radius 3 is 2.60 bits per heavy atom. The zero-order valence-electron chi connectivity index (χ0n) is 15.5. The van der Waals surface area contributed by atoms with E-state index in [9.17, 15) is 9.18 Å². The van der Waals surface area contributed by atoms with E-state index in [4.69, 9.17) is 4.74 Å². The lowest BCUT2D eigenvalue weighted by Crippen LogP contribution is -2.45. The van der Waals surface area contributed by atoms with Crippen molar-refractivity contribution in [3.8, 4) is 0 Å². The van der Waals surface area contributed by atoms with E-state index < -0.39 is 5.82 Å². The Labute approximate surface area is 149 Å². The second-order valence-electron chi connectivity index (χ2n) is 7.85. The Morgan fingerprint density at radius 2 is 2.00 bits per heavy atom. The number of halogens is 1. The number of benzene rings is 1. The fraction of sp³-hybridized carbons (Fsp3) is 0.650. The highest BCUT2D eigenvalue weighted by atomic mass is 19.1. The van der Waals surface area contributed by atoms with Crippen molar-refractivity contribution in [1.29, 1.82) is 0 Å². The zero-order chi connectivity index (χ0) is 18.0. The fourth-order valence-electron chi connectivity index (χ4n) is 4.50. The largest absolute Gasteiger partial charge is 0.383 e. The third kappa shape index (κ3) is 3.72. The molecule has 2 heterocycles. The molecule has 0 N–H and O–H groups in total. The molecule has 0 unspecified atom stereocenters. The average molecular weight is 348 g/mol. The smallest absolute Gasteiger partial charge is 0.256 e. The molecular weight excluding hydrogens is 319 g/mol. The summed E-state index contributed by atoms with van der Waals surface area (Å²) in [6.45, 7) is 7.72. The number of nitrogens with zero attached hydrogens (tertiary/aromatic N) is 2. The molecule has 0 radical (unpaired) electrons. The molecule has 1 aromatic carbocycles. The van der Waals surface area contributed by atoms with Gasteiger partial charge in [0.15, 0.2) is 0 Å². The second kappa shape index (κ2) is 7.42. The monoisotopic (exact) mass is 348 g/mol. The van der Waals surface area contributed by atoms with Crippen LogP contribution in [0.5, 0.6) is 0 Å². The topological polar surface area (TPSA) is 32.8 Å². The lowest BCUT2D eigenvalue weighted by atomic mass is 9.76. The van der Waals surface area contributed by atoms with Gasteiger partial charge in [0.05, 0.1) is 12.2 Å². The summed E-state index contributed by atoms with van der Waals surface area (Å²) in [6, 6.07) is 7.22. The van der Waals surface area contributed by atoms with Gasteiger partial charge in [-0.1, -0.05) is 12.1 Å². The van der Waals surface area contributed by atoms with E-state index in [1.54, 1.807) is 25.3 Å². The summed E-state index contributed by atoms with van der Waals surface area (Å²) in [5, 5.41) is 0. The predicted octanol–water partition coefficient (Wildman–Crippen LogP) is 3.18. The summed E-state index contributed by atoms with van der Waals surface area (Å²) in [5.74, 6) is -0.611. The van der Waals surface area contributed by atoms with Crippen LogP contribution in [-0.4, -0.2) is 61.1 Å². The number of carbonyl (C=O) groups is 1. The first-order chi connectivity index (χ1) is 12.0. The van der Waals surface area contributed by atoms with Crippen molar-refractivity contribution in [3.05, 3.63) is 35.6 Å². The summed E-state index contributed by atoms with van der Waals surface area (Å²) in [7, 11) is 1.76. The highest BCUT2D eigenvalue weighted by Gasteiger charge is 2.46. The maximum absolute atomic E-state index is 13.9. The van der Waals surface area contributed by atoms with Crippen molar-refractivity contribution in [1.82, 2.24) is 9.80 Å². The van der Waals surface area contributed by atoms with Gasteiger partial charge in [-0.2, -0.15) is 0 Å². The molecule has 25 heavy (non-hydrogen) atoms. The number of amides is 1. The van der Waals surface area contributed by atoms with Crippen LogP contribution in [0.1, 0.15) is 43.5 Å². The van der Waals surface area contributed by atoms with Gasteiger partial charge in [0.2, 0.25) is 0 Å². The van der Waals surface area contributed by atoms with Crippen LogP contribution in [0.25, 0.3) is 0 Å². The number of piperidine rings is 1. The quantitative estimate of drug-likeness (QED) is 0.838. The van der Waals surface area contributed by atoms with Crippen LogP contribution >= 0.6 is 0 Å². The van der Waals surface area contributed by atoms with Gasteiger partial charge >= 0.3 is 0 Å². The van der Waals surface area contributed by atoms with E-state index in [-0.39, 0.29) is 16.9 Å². The third-order valence-corrected chi connectivity index (χ3v) is 5.89. The SMILES string of the molecule is COC[C@@H]1CC2(CCN(C(=O)c3ccccc3F)CC2)CN1C(C)C. The third-order valence-electron chi connectivity index (χ3n) is 5.89. The highest BCUT2D eigenvalue weighted by molar-refractivity contribution is 5.94. The first-order valence-electron chi connectivity index (χ1n) is 9.24. The molecule has 138 valence electrons. The molecule has 5 heteroatoms. The maximum atomic E-state index is 13.9. The Kier molecular flexibility index (Phi) is 5.44. The normalized spacial score (nSPS) is 23.6. The van der Waals surface area contributed by atoms with E-state index in [2.05, 4.69) is 18.7 Å². The summed E-state index contributed by atoms with van der Waals surface area (Å²) >= 11 is 0. The van der Waals surface area contributed by atoms with E-state index in [0.717, 1.165) is 32.4 Å². The second-order valence-corrected chi connectivity index (χ2v) is 7.85. The molecule has 2 saturated heterocycles. The van der Waals surface area contributed by atoms with Crippen LogP contribution in [0.4, 0.5) is 4.39 Å². The highest BCUT2D eigenvalue weighted by Crippen LogP contribution is 2.44. The van der Waals surface area contributed by atoms with Gasteiger partial charge in [-0.25, -0.2) is 4.39 Å². The van der Waals surface area contributed by atoms with Crippen LogP contribution in [-0.2, 0) is 4.74 Å². The molecule has 0 aliphatic carbocycles. The molecule has 3 rings (SSSR count). The molecule has 1 spiro atoms. The van der Waals surface area contributed by atoms with Gasteiger partial charge in [0.1, 0.15) is 5.82 Å². The molecule has 0 saturated carbocycles. The Hall–Kier alpha value is -1.46. The van der Waals surface area contributed by atoms with Crippen LogP contribution < -0.4 is 0 Å². The number of likely N-dealkylation sites (tertiary alicyclic amines) is 2. The number of rotatable bonds is 4. The minimum Gasteiger partial charge on any atom is -0.383 e. The lowest BCUT2D eigenvalue weighted by Gasteiger charge is -2.39. The van der Waals surface area contributed by atoms with Crippen LogP contribution in [0.3, 0.4) is 0 Å². The van der Waals surface area contributed by atoms with Crippen molar-refractivity contribution < 1.29 is 13.9 Å². The molecule has 1 atom stereocenters. The fourth-order valence-corrected chi connectivity index (χ4v) is 4.50. The maximum Gasteiger partial charge on any atom is 0.256 e. The zero-order valence-corrected chi connectivity index (χ0v) is 15.5. The van der Waals surface area contributed by atoms with Crippen LogP contribution in [0, 0.1) is 11.2 Å².